The summed E-state index contributed by atoms with van der Waals surface area (Å²) in [5.41, 5.74) is 9.04. The molecule has 0 radical (unpaired) electrons. The Bertz CT molecular complexity index is 466. The van der Waals surface area contributed by atoms with Crippen molar-refractivity contribution in [1.29, 1.82) is 0 Å². The zero-order valence-corrected chi connectivity index (χ0v) is 10.6. The highest BCUT2D eigenvalue weighted by Gasteiger charge is 2.24. The van der Waals surface area contributed by atoms with Crippen LogP contribution in [0.2, 0.25) is 0 Å². The van der Waals surface area contributed by atoms with Crippen LogP contribution in [0.1, 0.15) is 18.4 Å². The Kier molecular flexibility index (Phi) is 2.86. The highest BCUT2D eigenvalue weighted by atomic mass is 16.2. The zero-order valence-electron chi connectivity index (χ0n) is 10.6. The normalized spacial score (nSPS) is 18.2. The molecule has 1 aromatic carbocycles. The first-order chi connectivity index (χ1) is 8.74. The monoisotopic (exact) mass is 245 g/mol. The molecule has 0 aromatic heterocycles. The Balaban J connectivity index is 1.72. The van der Waals surface area contributed by atoms with Gasteiger partial charge in [-0.25, -0.2) is 0 Å². The van der Waals surface area contributed by atoms with Crippen molar-refractivity contribution >= 4 is 17.3 Å². The van der Waals surface area contributed by atoms with E-state index in [0.29, 0.717) is 6.54 Å². The van der Waals surface area contributed by atoms with E-state index in [1.54, 1.807) is 0 Å². The second-order valence-electron chi connectivity index (χ2n) is 5.15. The number of amides is 1. The molecule has 0 saturated carbocycles. The van der Waals surface area contributed by atoms with E-state index in [2.05, 4.69) is 11.0 Å². The molecule has 0 unspecified atom stereocenters. The number of fused-ring (bicyclic) bond motifs is 1. The predicted molar refractivity (Wildman–Crippen MR) is 72.6 cm³/mol. The summed E-state index contributed by atoms with van der Waals surface area (Å²) in [5.74, 6) is 0.253. The number of nitrogens with two attached hydrogens (primary N) is 1. The van der Waals surface area contributed by atoms with Crippen molar-refractivity contribution in [3.63, 3.8) is 0 Å². The second-order valence-corrected chi connectivity index (χ2v) is 5.15. The molecule has 4 heteroatoms. The number of nitrogens with zero attached hydrogens (tertiary/aromatic N) is 2. The van der Waals surface area contributed by atoms with Crippen molar-refractivity contribution in [3.8, 4) is 0 Å². The van der Waals surface area contributed by atoms with Crippen molar-refractivity contribution in [3.05, 3.63) is 23.8 Å². The van der Waals surface area contributed by atoms with Gasteiger partial charge in [0.1, 0.15) is 0 Å². The van der Waals surface area contributed by atoms with E-state index < -0.39 is 0 Å². The number of hydrogen-bond acceptors (Lipinski definition) is 3. The van der Waals surface area contributed by atoms with Crippen molar-refractivity contribution in [2.45, 2.75) is 19.3 Å². The van der Waals surface area contributed by atoms with E-state index in [1.165, 1.54) is 5.56 Å². The lowest BCUT2D eigenvalue weighted by atomic mass is 10.1. The van der Waals surface area contributed by atoms with Crippen LogP contribution in [0.3, 0.4) is 0 Å². The van der Waals surface area contributed by atoms with E-state index in [1.807, 2.05) is 17.0 Å². The molecular weight excluding hydrogens is 226 g/mol. The fourth-order valence-corrected chi connectivity index (χ4v) is 2.86. The smallest absolute Gasteiger partial charge is 0.242 e. The van der Waals surface area contributed by atoms with Crippen LogP contribution in [0.4, 0.5) is 11.4 Å². The summed E-state index contributed by atoms with van der Waals surface area (Å²) in [6.07, 6.45) is 3.31. The quantitative estimate of drug-likeness (QED) is 0.798. The lowest BCUT2D eigenvalue weighted by Crippen LogP contribution is -2.38. The first-order valence-corrected chi connectivity index (χ1v) is 6.65. The van der Waals surface area contributed by atoms with Crippen LogP contribution in [0.15, 0.2) is 18.2 Å². The van der Waals surface area contributed by atoms with Gasteiger partial charge in [0.05, 0.1) is 6.54 Å². The predicted octanol–water partition coefficient (Wildman–Crippen LogP) is 1.25. The summed E-state index contributed by atoms with van der Waals surface area (Å²) in [5, 5.41) is 0. The van der Waals surface area contributed by atoms with Gasteiger partial charge in [0, 0.05) is 31.0 Å². The molecule has 0 aliphatic carbocycles. The number of likely N-dealkylation sites (tertiary alicyclic amines) is 1. The van der Waals surface area contributed by atoms with Gasteiger partial charge in [-0.15, -0.1) is 0 Å². The number of benzene rings is 1. The lowest BCUT2D eigenvalue weighted by molar-refractivity contribution is -0.128. The molecule has 1 amide bonds. The van der Waals surface area contributed by atoms with E-state index >= 15 is 0 Å². The van der Waals surface area contributed by atoms with Crippen LogP contribution >= 0.6 is 0 Å². The average molecular weight is 245 g/mol. The van der Waals surface area contributed by atoms with E-state index in [4.69, 9.17) is 5.73 Å². The van der Waals surface area contributed by atoms with Crippen LogP contribution in [0, 0.1) is 0 Å². The molecule has 3 rings (SSSR count). The van der Waals surface area contributed by atoms with Crippen LogP contribution in [-0.2, 0) is 11.2 Å². The summed E-state index contributed by atoms with van der Waals surface area (Å²) in [4.78, 5) is 16.3. The highest BCUT2D eigenvalue weighted by Crippen LogP contribution is 2.29. The average Bonchev–Trinajstić information content (AvgIpc) is 2.99. The minimum absolute atomic E-state index is 0.253. The fourth-order valence-electron chi connectivity index (χ4n) is 2.86. The molecular formula is C14H19N3O. The van der Waals surface area contributed by atoms with Gasteiger partial charge < -0.3 is 15.5 Å². The maximum Gasteiger partial charge on any atom is 0.242 e. The summed E-state index contributed by atoms with van der Waals surface area (Å²) < 4.78 is 0. The Morgan fingerprint density at radius 3 is 2.78 bits per heavy atom. The molecule has 0 atom stereocenters. The van der Waals surface area contributed by atoms with Gasteiger partial charge in [0.2, 0.25) is 5.91 Å². The largest absolute Gasteiger partial charge is 0.399 e. The van der Waals surface area contributed by atoms with Crippen molar-refractivity contribution in [2.24, 2.45) is 0 Å². The Hall–Kier alpha value is -1.71. The molecule has 18 heavy (non-hydrogen) atoms. The number of hydrogen-bond donors (Lipinski definition) is 1. The lowest BCUT2D eigenvalue weighted by Gasteiger charge is -2.23. The van der Waals surface area contributed by atoms with E-state index in [0.717, 1.165) is 50.3 Å². The highest BCUT2D eigenvalue weighted by molar-refractivity contribution is 5.83. The maximum absolute atomic E-state index is 12.1. The molecule has 0 bridgehead atoms. The molecule has 96 valence electrons. The first kappa shape index (κ1) is 11.4. The van der Waals surface area contributed by atoms with Crippen LogP contribution in [0.5, 0.6) is 0 Å². The number of anilines is 2. The Morgan fingerprint density at radius 2 is 2.00 bits per heavy atom. The molecule has 0 spiro atoms. The topological polar surface area (TPSA) is 49.6 Å². The summed E-state index contributed by atoms with van der Waals surface area (Å²) in [6.45, 7) is 3.28. The summed E-state index contributed by atoms with van der Waals surface area (Å²) in [6, 6.07) is 6.00. The number of carbonyl (C=O) groups excluding carboxylic acids is 1. The Labute approximate surface area is 107 Å². The summed E-state index contributed by atoms with van der Waals surface area (Å²) in [7, 11) is 0. The molecule has 1 saturated heterocycles. The van der Waals surface area contributed by atoms with Gasteiger partial charge in [-0.05, 0) is 37.0 Å². The molecule has 4 nitrogen and oxygen atoms in total. The third kappa shape index (κ3) is 2.03. The standard InChI is InChI=1S/C14H19N3O/c15-12-4-3-11-5-8-17(13(11)9-12)10-14(18)16-6-1-2-7-16/h3-4,9H,1-2,5-8,10,15H2. The van der Waals surface area contributed by atoms with Gasteiger partial charge in [-0.2, -0.15) is 0 Å². The first-order valence-electron chi connectivity index (χ1n) is 6.65. The van der Waals surface area contributed by atoms with Gasteiger partial charge >= 0.3 is 0 Å². The van der Waals surface area contributed by atoms with E-state index in [-0.39, 0.29) is 5.91 Å². The molecule has 1 aromatic rings. The summed E-state index contributed by atoms with van der Waals surface area (Å²) >= 11 is 0. The molecule has 2 aliphatic heterocycles. The molecule has 2 aliphatic rings. The van der Waals surface area contributed by atoms with Crippen molar-refractivity contribution in [1.82, 2.24) is 4.90 Å². The van der Waals surface area contributed by atoms with Crippen LogP contribution < -0.4 is 10.6 Å². The second kappa shape index (κ2) is 4.52. The Morgan fingerprint density at radius 1 is 1.22 bits per heavy atom. The van der Waals surface area contributed by atoms with Crippen molar-refractivity contribution < 1.29 is 4.79 Å². The van der Waals surface area contributed by atoms with Gasteiger partial charge in [0.15, 0.2) is 0 Å². The minimum atomic E-state index is 0.253. The van der Waals surface area contributed by atoms with Crippen molar-refractivity contribution in [2.75, 3.05) is 36.8 Å². The number of rotatable bonds is 2. The van der Waals surface area contributed by atoms with Gasteiger partial charge in [0.25, 0.3) is 0 Å². The third-order valence-electron chi connectivity index (χ3n) is 3.89. The van der Waals surface area contributed by atoms with E-state index in [9.17, 15) is 4.79 Å². The molecule has 2 N–H and O–H groups in total. The minimum Gasteiger partial charge on any atom is -0.399 e. The number of carbonyl (C=O) groups is 1. The van der Waals surface area contributed by atoms with Gasteiger partial charge in [-0.1, -0.05) is 6.07 Å². The number of nitrogen functional groups attached to an aromatic ring is 1. The van der Waals surface area contributed by atoms with Crippen LogP contribution in [0.25, 0.3) is 0 Å². The molecule has 2 heterocycles. The third-order valence-corrected chi connectivity index (χ3v) is 3.89. The van der Waals surface area contributed by atoms with Crippen LogP contribution in [-0.4, -0.2) is 37.0 Å². The zero-order chi connectivity index (χ0) is 12.5. The maximum atomic E-state index is 12.1. The SMILES string of the molecule is Nc1ccc2c(c1)N(CC(=O)N1CCCC1)CC2. The molecule has 1 fully saturated rings. The fraction of sp³-hybridized carbons (Fsp3) is 0.500. The van der Waals surface area contributed by atoms with Gasteiger partial charge in [-0.3, -0.25) is 4.79 Å².